The van der Waals surface area contributed by atoms with E-state index in [0.717, 1.165) is 35.7 Å². The number of amides is 3. The number of carbonyl (C=O) groups is 2. The highest BCUT2D eigenvalue weighted by molar-refractivity contribution is 6.11. The predicted octanol–water partition coefficient (Wildman–Crippen LogP) is 3.96. The Balaban J connectivity index is 1.43. The van der Waals surface area contributed by atoms with E-state index in [9.17, 15) is 9.59 Å². The van der Waals surface area contributed by atoms with Crippen molar-refractivity contribution in [2.24, 2.45) is 16.8 Å². The molecule has 4 aliphatic rings. The second-order valence-electron chi connectivity index (χ2n) is 9.15. The molecule has 2 saturated heterocycles. The van der Waals surface area contributed by atoms with Crippen molar-refractivity contribution < 1.29 is 9.59 Å². The minimum Gasteiger partial charge on any atom is -0.356 e. The standard InChI is InChI=1S/C25H29N5O2/c1-16-5-4-6-19(13-16)26-25(32)29-22-24(31)27-21-8-3-2-7-20(21)23(28-22)30-14-17-9-10-18(15-30)12-11-17/h2-8,13,17-18,22H,9-12,14-15H2,1H3,(H,27,31)(H2,26,29,32)/t17?,18?,22-/m0/s1. The molecule has 7 heteroatoms. The Labute approximate surface area is 188 Å². The number of amidine groups is 1. The third-order valence-electron chi connectivity index (χ3n) is 6.69. The zero-order valence-electron chi connectivity index (χ0n) is 18.3. The van der Waals surface area contributed by atoms with Crippen molar-refractivity contribution >= 4 is 29.1 Å². The van der Waals surface area contributed by atoms with Crippen molar-refractivity contribution in [1.82, 2.24) is 10.2 Å². The molecule has 3 fully saturated rings. The molecule has 6 rings (SSSR count). The monoisotopic (exact) mass is 431 g/mol. The largest absolute Gasteiger partial charge is 0.356 e. The van der Waals surface area contributed by atoms with Crippen LogP contribution in [0.3, 0.4) is 0 Å². The van der Waals surface area contributed by atoms with Crippen LogP contribution < -0.4 is 16.0 Å². The fourth-order valence-electron chi connectivity index (χ4n) is 5.07. The van der Waals surface area contributed by atoms with Crippen molar-refractivity contribution in [1.29, 1.82) is 0 Å². The minimum absolute atomic E-state index is 0.343. The van der Waals surface area contributed by atoms with Gasteiger partial charge in [0.05, 0.1) is 5.69 Å². The molecule has 166 valence electrons. The molecule has 1 saturated carbocycles. The first kappa shape index (κ1) is 20.5. The molecule has 2 aromatic carbocycles. The van der Waals surface area contributed by atoms with Gasteiger partial charge >= 0.3 is 6.03 Å². The number of anilines is 2. The fraction of sp³-hybridized carbons (Fsp3) is 0.400. The summed E-state index contributed by atoms with van der Waals surface area (Å²) < 4.78 is 0. The van der Waals surface area contributed by atoms with Gasteiger partial charge in [-0.2, -0.15) is 0 Å². The number of para-hydroxylation sites is 1. The Hall–Kier alpha value is -3.35. The van der Waals surface area contributed by atoms with Gasteiger partial charge in [-0.1, -0.05) is 24.3 Å². The quantitative estimate of drug-likeness (QED) is 0.673. The first-order valence-electron chi connectivity index (χ1n) is 11.4. The van der Waals surface area contributed by atoms with Crippen LogP contribution in [0.2, 0.25) is 0 Å². The zero-order valence-corrected chi connectivity index (χ0v) is 18.3. The molecule has 3 heterocycles. The van der Waals surface area contributed by atoms with Crippen LogP contribution in [0.1, 0.15) is 36.8 Å². The van der Waals surface area contributed by atoms with Crippen LogP contribution in [0.4, 0.5) is 16.2 Å². The SMILES string of the molecule is Cc1cccc(NC(=O)N[C@@H]2N=C(N3CC4CCC(CC4)C3)c3ccccc3NC2=O)c1. The van der Waals surface area contributed by atoms with E-state index in [1.54, 1.807) is 0 Å². The summed E-state index contributed by atoms with van der Waals surface area (Å²) in [6, 6.07) is 14.8. The third kappa shape index (κ3) is 4.33. The minimum atomic E-state index is -1.01. The van der Waals surface area contributed by atoms with Gasteiger partial charge in [0.1, 0.15) is 5.84 Å². The second-order valence-corrected chi connectivity index (χ2v) is 9.15. The smallest absolute Gasteiger partial charge is 0.321 e. The summed E-state index contributed by atoms with van der Waals surface area (Å²) in [4.78, 5) is 32.8. The van der Waals surface area contributed by atoms with Crippen molar-refractivity contribution in [3.8, 4) is 0 Å². The van der Waals surface area contributed by atoms with Crippen molar-refractivity contribution in [3.63, 3.8) is 0 Å². The molecule has 2 aromatic rings. The molecule has 3 N–H and O–H groups in total. The molecule has 7 nitrogen and oxygen atoms in total. The number of nitrogens with one attached hydrogen (secondary N) is 3. The second kappa shape index (κ2) is 8.65. The number of benzene rings is 2. The molecular formula is C25H29N5O2. The number of nitrogens with zero attached hydrogens (tertiary/aromatic N) is 2. The number of fused-ring (bicyclic) bond motifs is 5. The van der Waals surface area contributed by atoms with E-state index in [1.165, 1.54) is 25.7 Å². The van der Waals surface area contributed by atoms with E-state index in [2.05, 4.69) is 20.9 Å². The summed E-state index contributed by atoms with van der Waals surface area (Å²) in [6.07, 6.45) is 4.02. The summed E-state index contributed by atoms with van der Waals surface area (Å²) in [5, 5.41) is 8.52. The van der Waals surface area contributed by atoms with Crippen LogP contribution in [0.5, 0.6) is 0 Å². The molecule has 3 aliphatic heterocycles. The van der Waals surface area contributed by atoms with Crippen molar-refractivity contribution in [3.05, 3.63) is 59.7 Å². The molecule has 32 heavy (non-hydrogen) atoms. The average Bonchev–Trinajstić information content (AvgIpc) is 3.16. The van der Waals surface area contributed by atoms with Gasteiger partial charge in [0.15, 0.2) is 0 Å². The zero-order chi connectivity index (χ0) is 22.1. The Morgan fingerprint density at radius 1 is 1.03 bits per heavy atom. The van der Waals surface area contributed by atoms with Crippen molar-refractivity contribution in [2.75, 3.05) is 23.7 Å². The normalized spacial score (nSPS) is 24.5. The Kier molecular flexibility index (Phi) is 5.55. The van der Waals surface area contributed by atoms with Gasteiger partial charge in [0, 0.05) is 24.3 Å². The first-order chi connectivity index (χ1) is 15.5. The number of rotatable bonds is 2. The van der Waals surface area contributed by atoms with E-state index in [0.29, 0.717) is 17.5 Å². The maximum absolute atomic E-state index is 13.0. The predicted molar refractivity (Wildman–Crippen MR) is 126 cm³/mol. The van der Waals surface area contributed by atoms with Gasteiger partial charge in [0.25, 0.3) is 5.91 Å². The lowest BCUT2D eigenvalue weighted by atomic mass is 9.84. The lowest BCUT2D eigenvalue weighted by Crippen LogP contribution is -2.45. The summed E-state index contributed by atoms with van der Waals surface area (Å²) in [7, 11) is 0. The summed E-state index contributed by atoms with van der Waals surface area (Å²) in [6.45, 7) is 3.85. The Morgan fingerprint density at radius 3 is 2.47 bits per heavy atom. The number of urea groups is 1. The topological polar surface area (TPSA) is 85.8 Å². The number of benzodiazepines with no additional fused rings is 1. The molecule has 1 atom stereocenters. The first-order valence-corrected chi connectivity index (χ1v) is 11.4. The lowest BCUT2D eigenvalue weighted by Gasteiger charge is -2.27. The maximum Gasteiger partial charge on any atom is 0.321 e. The van der Waals surface area contributed by atoms with E-state index in [-0.39, 0.29) is 5.91 Å². The van der Waals surface area contributed by atoms with Gasteiger partial charge in [0.2, 0.25) is 6.17 Å². The van der Waals surface area contributed by atoms with Gasteiger partial charge in [-0.05, 0) is 74.3 Å². The van der Waals surface area contributed by atoms with Crippen LogP contribution in [0, 0.1) is 18.8 Å². The van der Waals surface area contributed by atoms with Gasteiger partial charge in [-0.3, -0.25) is 4.79 Å². The molecule has 0 radical (unpaired) electrons. The van der Waals surface area contributed by atoms with Crippen LogP contribution in [0.15, 0.2) is 53.5 Å². The summed E-state index contributed by atoms with van der Waals surface area (Å²) >= 11 is 0. The molecule has 0 spiro atoms. The number of carbonyl (C=O) groups excluding carboxylic acids is 2. The van der Waals surface area contributed by atoms with Gasteiger partial charge in [-0.25, -0.2) is 9.79 Å². The number of aliphatic imine (C=N–C) groups is 1. The highest BCUT2D eigenvalue weighted by atomic mass is 16.2. The average molecular weight is 432 g/mol. The fourth-order valence-corrected chi connectivity index (χ4v) is 5.07. The number of aryl methyl sites for hydroxylation is 1. The summed E-state index contributed by atoms with van der Waals surface area (Å²) in [5.74, 6) is 1.77. The molecule has 1 aliphatic carbocycles. The van der Waals surface area contributed by atoms with E-state index in [4.69, 9.17) is 4.99 Å². The van der Waals surface area contributed by atoms with E-state index < -0.39 is 12.2 Å². The van der Waals surface area contributed by atoms with Crippen molar-refractivity contribution in [2.45, 2.75) is 38.8 Å². The van der Waals surface area contributed by atoms with Gasteiger partial charge < -0.3 is 20.9 Å². The highest BCUT2D eigenvalue weighted by Gasteiger charge is 2.34. The number of hydrogen-bond donors (Lipinski definition) is 3. The number of hydrogen-bond acceptors (Lipinski definition) is 4. The molecule has 0 aromatic heterocycles. The molecule has 3 amide bonds. The van der Waals surface area contributed by atoms with Crippen LogP contribution in [-0.4, -0.2) is 41.9 Å². The van der Waals surface area contributed by atoms with Crippen LogP contribution in [-0.2, 0) is 4.79 Å². The van der Waals surface area contributed by atoms with E-state index >= 15 is 0 Å². The van der Waals surface area contributed by atoms with Gasteiger partial charge in [-0.15, -0.1) is 0 Å². The maximum atomic E-state index is 13.0. The summed E-state index contributed by atoms with van der Waals surface area (Å²) in [5.41, 5.74) is 3.36. The Bertz CT molecular complexity index is 1040. The Morgan fingerprint density at radius 2 is 1.75 bits per heavy atom. The molecular weight excluding hydrogens is 402 g/mol. The molecule has 0 unspecified atom stereocenters. The lowest BCUT2D eigenvalue weighted by molar-refractivity contribution is -0.117. The molecule has 2 bridgehead atoms. The van der Waals surface area contributed by atoms with Crippen LogP contribution in [0.25, 0.3) is 0 Å². The van der Waals surface area contributed by atoms with Crippen LogP contribution >= 0.6 is 0 Å². The third-order valence-corrected chi connectivity index (χ3v) is 6.69. The highest BCUT2D eigenvalue weighted by Crippen LogP contribution is 2.35. The van der Waals surface area contributed by atoms with E-state index in [1.807, 2.05) is 55.5 Å².